The molecule has 0 aromatic heterocycles. The van der Waals surface area contributed by atoms with E-state index in [0.717, 1.165) is 0 Å². The molecule has 0 saturated carbocycles. The van der Waals surface area contributed by atoms with Crippen LogP contribution in [0.3, 0.4) is 0 Å². The Kier molecular flexibility index (Phi) is 6.86. The molecular formula is C20H17NO9. The Morgan fingerprint density at radius 1 is 0.833 bits per heavy atom. The number of esters is 2. The van der Waals surface area contributed by atoms with Crippen LogP contribution in [0, 0.1) is 0 Å². The maximum absolute atomic E-state index is 12.5. The number of ether oxygens (including phenoxy) is 2. The summed E-state index contributed by atoms with van der Waals surface area (Å²) in [4.78, 5) is 60.2. The molecule has 4 N–H and O–H groups in total. The summed E-state index contributed by atoms with van der Waals surface area (Å²) in [5.41, 5.74) is 1.78. The molecule has 10 heteroatoms. The van der Waals surface area contributed by atoms with Crippen molar-refractivity contribution < 1.29 is 43.7 Å². The van der Waals surface area contributed by atoms with Crippen molar-refractivity contribution in [1.82, 2.24) is 0 Å². The molecule has 0 saturated heterocycles. The maximum atomic E-state index is 12.5. The molecule has 2 aromatic rings. The van der Waals surface area contributed by atoms with E-state index < -0.39 is 47.9 Å². The van der Waals surface area contributed by atoms with E-state index in [0.29, 0.717) is 0 Å². The Labute approximate surface area is 169 Å². The number of hydrogen-bond acceptors (Lipinski definition) is 7. The number of hydrogen-bond donors (Lipinski definition) is 3. The van der Waals surface area contributed by atoms with Gasteiger partial charge in [-0.05, 0) is 24.3 Å². The van der Waals surface area contributed by atoms with Crippen LogP contribution in [0.1, 0.15) is 27.1 Å². The van der Waals surface area contributed by atoms with Crippen LogP contribution in [0.15, 0.2) is 60.7 Å². The molecule has 0 fully saturated rings. The first-order valence-corrected chi connectivity index (χ1v) is 8.46. The van der Waals surface area contributed by atoms with Crippen molar-refractivity contribution >= 4 is 29.8 Å². The van der Waals surface area contributed by atoms with Crippen molar-refractivity contribution in [2.24, 2.45) is 5.73 Å². The van der Waals surface area contributed by atoms with Gasteiger partial charge in [0.25, 0.3) is 5.60 Å². The number of carbonyl (C=O) groups is 5. The van der Waals surface area contributed by atoms with Crippen LogP contribution in [-0.2, 0) is 23.9 Å². The molecule has 10 nitrogen and oxygen atoms in total. The van der Waals surface area contributed by atoms with E-state index in [1.165, 1.54) is 48.5 Å². The number of carbonyl (C=O) groups excluding carboxylic acids is 3. The summed E-state index contributed by atoms with van der Waals surface area (Å²) in [6.45, 7) is 0. The molecule has 0 spiro atoms. The van der Waals surface area contributed by atoms with E-state index in [2.05, 4.69) is 0 Å². The maximum Gasteiger partial charge on any atom is 0.353 e. The summed E-state index contributed by atoms with van der Waals surface area (Å²) in [7, 11) is 0. The molecule has 30 heavy (non-hydrogen) atoms. The zero-order valence-corrected chi connectivity index (χ0v) is 15.4. The summed E-state index contributed by atoms with van der Waals surface area (Å²) in [5, 5.41) is 19.3. The number of carboxylic acid groups (broad SMARTS) is 2. The Hall–Kier alpha value is -4.21. The van der Waals surface area contributed by atoms with Crippen LogP contribution in [-0.4, -0.2) is 51.7 Å². The van der Waals surface area contributed by atoms with Gasteiger partial charge in [-0.3, -0.25) is 4.79 Å². The number of nitrogens with two attached hydrogens (primary N) is 1. The van der Waals surface area contributed by atoms with E-state index in [1.807, 2.05) is 0 Å². The number of primary amides is 1. The first kappa shape index (κ1) is 22.1. The quantitative estimate of drug-likeness (QED) is 0.502. The summed E-state index contributed by atoms with van der Waals surface area (Å²) in [6.07, 6.45) is -3.82. The van der Waals surface area contributed by atoms with E-state index in [-0.39, 0.29) is 11.1 Å². The second kappa shape index (κ2) is 9.32. The van der Waals surface area contributed by atoms with Gasteiger partial charge in [-0.15, -0.1) is 0 Å². The van der Waals surface area contributed by atoms with Crippen molar-refractivity contribution in [1.29, 1.82) is 0 Å². The predicted molar refractivity (Wildman–Crippen MR) is 99.3 cm³/mol. The highest BCUT2D eigenvalue weighted by molar-refractivity contribution is 5.99. The largest absolute Gasteiger partial charge is 0.478 e. The summed E-state index contributed by atoms with van der Waals surface area (Å²) in [6, 6.07) is 14.2. The van der Waals surface area contributed by atoms with E-state index in [9.17, 15) is 34.2 Å². The number of amides is 1. The lowest BCUT2D eigenvalue weighted by Gasteiger charge is -2.32. The molecule has 2 rings (SSSR count). The smallest absolute Gasteiger partial charge is 0.353 e. The van der Waals surface area contributed by atoms with Gasteiger partial charge in [-0.1, -0.05) is 36.4 Å². The van der Waals surface area contributed by atoms with Gasteiger partial charge in [-0.25, -0.2) is 19.2 Å². The molecule has 0 heterocycles. The number of rotatable bonds is 9. The highest BCUT2D eigenvalue weighted by Gasteiger charge is 2.57. The van der Waals surface area contributed by atoms with Gasteiger partial charge in [0.1, 0.15) is 0 Å². The third kappa shape index (κ3) is 4.98. The van der Waals surface area contributed by atoms with Gasteiger partial charge in [0.05, 0.1) is 17.5 Å². The molecule has 2 aromatic carbocycles. The van der Waals surface area contributed by atoms with Gasteiger partial charge in [0, 0.05) is 0 Å². The summed E-state index contributed by atoms with van der Waals surface area (Å²) >= 11 is 0. The molecule has 0 unspecified atom stereocenters. The number of benzene rings is 2. The van der Waals surface area contributed by atoms with E-state index in [1.54, 1.807) is 12.1 Å². The van der Waals surface area contributed by atoms with Gasteiger partial charge < -0.3 is 25.4 Å². The molecular weight excluding hydrogens is 398 g/mol. The van der Waals surface area contributed by atoms with Crippen molar-refractivity contribution in [3.63, 3.8) is 0 Å². The van der Waals surface area contributed by atoms with E-state index >= 15 is 0 Å². The fourth-order valence-electron chi connectivity index (χ4n) is 2.57. The molecule has 156 valence electrons. The predicted octanol–water partition coefficient (Wildman–Crippen LogP) is 0.852. The molecule has 0 radical (unpaired) electrons. The highest BCUT2D eigenvalue weighted by Crippen LogP contribution is 2.27. The minimum atomic E-state index is -3.10. The standard InChI is InChI=1S/C20H17NO9/c21-14(22)11-20(19(27)28,30-18(26)13-9-5-2-6-10-13)15(16(23)24)29-17(25)12-7-3-1-4-8-12/h1-10,15H,11H2,(H2,21,22)(H,23,24)(H,27,28)/t15-,20-/m0/s1. The fourth-order valence-corrected chi connectivity index (χ4v) is 2.57. The molecule has 2 atom stereocenters. The van der Waals surface area contributed by atoms with Crippen LogP contribution in [0.5, 0.6) is 0 Å². The Morgan fingerprint density at radius 2 is 1.30 bits per heavy atom. The molecule has 0 bridgehead atoms. The van der Waals surface area contributed by atoms with Crippen molar-refractivity contribution in [3.05, 3.63) is 71.8 Å². The van der Waals surface area contributed by atoms with Crippen molar-refractivity contribution in [2.75, 3.05) is 0 Å². The highest BCUT2D eigenvalue weighted by atomic mass is 16.6. The lowest BCUT2D eigenvalue weighted by Crippen LogP contribution is -2.59. The van der Waals surface area contributed by atoms with Crippen LogP contribution >= 0.6 is 0 Å². The average Bonchev–Trinajstić information content (AvgIpc) is 2.71. The summed E-state index contributed by atoms with van der Waals surface area (Å²) in [5.74, 6) is -7.72. The Balaban J connectivity index is 2.49. The monoisotopic (exact) mass is 415 g/mol. The van der Waals surface area contributed by atoms with Crippen molar-refractivity contribution in [2.45, 2.75) is 18.1 Å². The van der Waals surface area contributed by atoms with Gasteiger partial charge in [0.15, 0.2) is 0 Å². The summed E-state index contributed by atoms with van der Waals surface area (Å²) < 4.78 is 9.82. The zero-order chi connectivity index (χ0) is 22.3. The fraction of sp³-hybridized carbons (Fsp3) is 0.150. The first-order valence-electron chi connectivity index (χ1n) is 8.46. The normalized spacial score (nSPS) is 13.3. The third-order valence-electron chi connectivity index (χ3n) is 3.97. The second-order valence-electron chi connectivity index (χ2n) is 6.08. The minimum Gasteiger partial charge on any atom is -0.478 e. The van der Waals surface area contributed by atoms with Crippen molar-refractivity contribution in [3.8, 4) is 0 Å². The zero-order valence-electron chi connectivity index (χ0n) is 15.4. The molecule has 0 aliphatic carbocycles. The van der Waals surface area contributed by atoms with Gasteiger partial charge >= 0.3 is 23.9 Å². The number of carboxylic acids is 2. The van der Waals surface area contributed by atoms with Crippen LogP contribution < -0.4 is 5.73 Å². The first-order chi connectivity index (χ1) is 14.2. The second-order valence-corrected chi connectivity index (χ2v) is 6.08. The minimum absolute atomic E-state index is 0.0866. The topological polar surface area (TPSA) is 170 Å². The SMILES string of the molecule is NC(=O)C[C@@](OC(=O)c1ccccc1)(C(=O)O)[C@@H](OC(=O)c1ccccc1)C(=O)O. The molecule has 0 aliphatic heterocycles. The lowest BCUT2D eigenvalue weighted by molar-refractivity contribution is -0.186. The van der Waals surface area contributed by atoms with Crippen LogP contribution in [0.4, 0.5) is 0 Å². The third-order valence-corrected chi connectivity index (χ3v) is 3.97. The average molecular weight is 415 g/mol. The number of aliphatic carboxylic acids is 2. The van der Waals surface area contributed by atoms with Crippen LogP contribution in [0.2, 0.25) is 0 Å². The van der Waals surface area contributed by atoms with E-state index in [4.69, 9.17) is 15.2 Å². The van der Waals surface area contributed by atoms with Gasteiger partial charge in [-0.2, -0.15) is 0 Å². The van der Waals surface area contributed by atoms with Crippen LogP contribution in [0.25, 0.3) is 0 Å². The molecule has 0 aliphatic rings. The Bertz CT molecular complexity index is 959. The molecule has 1 amide bonds. The Morgan fingerprint density at radius 3 is 1.70 bits per heavy atom. The lowest BCUT2D eigenvalue weighted by atomic mass is 9.91. The van der Waals surface area contributed by atoms with Gasteiger partial charge in [0.2, 0.25) is 12.0 Å².